The molecule has 1 amide bonds. The first-order valence-electron chi connectivity index (χ1n) is 7.66. The van der Waals surface area contributed by atoms with Gasteiger partial charge in [-0.15, -0.1) is 0 Å². The Morgan fingerprint density at radius 2 is 2.21 bits per heavy atom. The Balaban J connectivity index is 1.84. The molecule has 1 N–H and O–H groups in total. The molecule has 0 aromatic heterocycles. The average Bonchev–Trinajstić information content (AvgIpc) is 2.45. The van der Waals surface area contributed by atoms with Gasteiger partial charge in [0.05, 0.1) is 6.10 Å². The van der Waals surface area contributed by atoms with Crippen molar-refractivity contribution in [3.63, 3.8) is 0 Å². The first-order chi connectivity index (χ1) is 9.15. The van der Waals surface area contributed by atoms with Crippen molar-refractivity contribution in [2.45, 2.75) is 51.6 Å². The standard InChI is InChI=1S/C15H28N2O2/c1-13(19-2)5-6-14(18)17-10-4-8-15(12-17)7-3-9-16-11-15/h13,16H,3-12H2,1-2H3. The van der Waals surface area contributed by atoms with Crippen LogP contribution in [0.4, 0.5) is 0 Å². The van der Waals surface area contributed by atoms with Crippen LogP contribution in [0.15, 0.2) is 0 Å². The monoisotopic (exact) mass is 268 g/mol. The van der Waals surface area contributed by atoms with Gasteiger partial charge in [0.15, 0.2) is 0 Å². The maximum absolute atomic E-state index is 12.3. The van der Waals surface area contributed by atoms with Crippen LogP contribution >= 0.6 is 0 Å². The van der Waals surface area contributed by atoms with Crippen LogP contribution in [0.5, 0.6) is 0 Å². The molecular weight excluding hydrogens is 240 g/mol. The Morgan fingerprint density at radius 1 is 1.42 bits per heavy atom. The Labute approximate surface area is 116 Å². The highest BCUT2D eigenvalue weighted by Gasteiger charge is 2.37. The number of amides is 1. The molecule has 2 saturated heterocycles. The molecule has 2 fully saturated rings. The zero-order valence-corrected chi connectivity index (χ0v) is 12.4. The Kier molecular flexibility index (Phi) is 5.22. The van der Waals surface area contributed by atoms with E-state index in [4.69, 9.17) is 4.74 Å². The molecule has 2 aliphatic rings. The predicted octanol–water partition coefficient (Wildman–Crippen LogP) is 1.79. The molecule has 0 bridgehead atoms. The third-order valence-electron chi connectivity index (χ3n) is 4.74. The topological polar surface area (TPSA) is 41.6 Å². The third kappa shape index (κ3) is 3.93. The molecule has 110 valence electrons. The smallest absolute Gasteiger partial charge is 0.222 e. The van der Waals surface area contributed by atoms with E-state index < -0.39 is 0 Å². The molecule has 1 spiro atoms. The van der Waals surface area contributed by atoms with Crippen molar-refractivity contribution in [1.29, 1.82) is 0 Å². The molecule has 2 aliphatic heterocycles. The van der Waals surface area contributed by atoms with Gasteiger partial charge in [0, 0.05) is 38.6 Å². The second kappa shape index (κ2) is 6.71. The van der Waals surface area contributed by atoms with Crippen molar-refractivity contribution in [1.82, 2.24) is 10.2 Å². The van der Waals surface area contributed by atoms with Gasteiger partial charge in [0.25, 0.3) is 0 Å². The fourth-order valence-electron chi connectivity index (χ4n) is 3.40. The van der Waals surface area contributed by atoms with E-state index in [0.29, 0.717) is 17.7 Å². The normalized spacial score (nSPS) is 29.5. The zero-order valence-electron chi connectivity index (χ0n) is 12.4. The molecule has 2 heterocycles. The van der Waals surface area contributed by atoms with Crippen molar-refractivity contribution in [2.24, 2.45) is 5.41 Å². The summed E-state index contributed by atoms with van der Waals surface area (Å²) in [6.07, 6.45) is 6.60. The van der Waals surface area contributed by atoms with Gasteiger partial charge < -0.3 is 15.0 Å². The molecule has 19 heavy (non-hydrogen) atoms. The second-order valence-corrected chi connectivity index (χ2v) is 6.28. The second-order valence-electron chi connectivity index (χ2n) is 6.28. The number of carbonyl (C=O) groups is 1. The lowest BCUT2D eigenvalue weighted by atomic mass is 9.74. The molecule has 2 unspecified atom stereocenters. The summed E-state index contributed by atoms with van der Waals surface area (Å²) in [5, 5.41) is 3.51. The van der Waals surface area contributed by atoms with Gasteiger partial charge in [-0.05, 0) is 45.6 Å². The van der Waals surface area contributed by atoms with Crippen LogP contribution in [0.3, 0.4) is 0 Å². The minimum Gasteiger partial charge on any atom is -0.382 e. The summed E-state index contributed by atoms with van der Waals surface area (Å²) >= 11 is 0. The summed E-state index contributed by atoms with van der Waals surface area (Å²) in [5.74, 6) is 0.313. The number of likely N-dealkylation sites (tertiary alicyclic amines) is 1. The highest BCUT2D eigenvalue weighted by Crippen LogP contribution is 2.36. The number of hydrogen-bond acceptors (Lipinski definition) is 3. The maximum atomic E-state index is 12.3. The third-order valence-corrected chi connectivity index (χ3v) is 4.74. The van der Waals surface area contributed by atoms with Crippen LogP contribution in [-0.4, -0.2) is 50.2 Å². The Morgan fingerprint density at radius 3 is 2.89 bits per heavy atom. The summed E-state index contributed by atoms with van der Waals surface area (Å²) < 4.78 is 5.22. The number of rotatable bonds is 4. The average molecular weight is 268 g/mol. The molecule has 0 aromatic rings. The highest BCUT2D eigenvalue weighted by atomic mass is 16.5. The van der Waals surface area contributed by atoms with Crippen LogP contribution in [0, 0.1) is 5.41 Å². The summed E-state index contributed by atoms with van der Waals surface area (Å²) in [6, 6.07) is 0. The van der Waals surface area contributed by atoms with Crippen LogP contribution in [0.2, 0.25) is 0 Å². The summed E-state index contributed by atoms with van der Waals surface area (Å²) in [7, 11) is 1.71. The van der Waals surface area contributed by atoms with E-state index in [1.165, 1.54) is 19.3 Å². The largest absolute Gasteiger partial charge is 0.382 e. The number of piperidine rings is 2. The number of methoxy groups -OCH3 is 1. The lowest BCUT2D eigenvalue weighted by molar-refractivity contribution is -0.135. The van der Waals surface area contributed by atoms with E-state index in [0.717, 1.165) is 39.0 Å². The van der Waals surface area contributed by atoms with Gasteiger partial charge in [-0.1, -0.05) is 0 Å². The first kappa shape index (κ1) is 14.8. The van der Waals surface area contributed by atoms with Gasteiger partial charge in [-0.3, -0.25) is 4.79 Å². The number of ether oxygens (including phenoxy) is 1. The summed E-state index contributed by atoms with van der Waals surface area (Å²) in [5.41, 5.74) is 0.360. The van der Waals surface area contributed by atoms with Crippen LogP contribution in [-0.2, 0) is 9.53 Å². The van der Waals surface area contributed by atoms with Crippen molar-refractivity contribution in [3.8, 4) is 0 Å². The van der Waals surface area contributed by atoms with Gasteiger partial charge in [-0.2, -0.15) is 0 Å². The molecule has 4 nitrogen and oxygen atoms in total. The molecule has 0 radical (unpaired) electrons. The molecule has 0 aliphatic carbocycles. The zero-order chi connectivity index (χ0) is 13.7. The fourth-order valence-corrected chi connectivity index (χ4v) is 3.40. The molecule has 2 rings (SSSR count). The maximum Gasteiger partial charge on any atom is 0.222 e. The number of nitrogens with zero attached hydrogens (tertiary/aromatic N) is 1. The SMILES string of the molecule is COC(C)CCC(=O)N1CCCC2(CCCNC2)C1. The Hall–Kier alpha value is -0.610. The Bertz CT molecular complexity index is 295. The molecular formula is C15H28N2O2. The van der Waals surface area contributed by atoms with E-state index in [1.807, 2.05) is 6.92 Å². The fraction of sp³-hybridized carbons (Fsp3) is 0.933. The van der Waals surface area contributed by atoms with E-state index in [2.05, 4.69) is 10.2 Å². The summed E-state index contributed by atoms with van der Waals surface area (Å²) in [6.45, 7) is 6.16. The highest BCUT2D eigenvalue weighted by molar-refractivity contribution is 5.76. The van der Waals surface area contributed by atoms with Crippen LogP contribution in [0.25, 0.3) is 0 Å². The molecule has 0 aromatic carbocycles. The van der Waals surface area contributed by atoms with Gasteiger partial charge in [0.1, 0.15) is 0 Å². The molecule has 2 atom stereocenters. The van der Waals surface area contributed by atoms with Crippen LogP contribution in [0.1, 0.15) is 45.4 Å². The van der Waals surface area contributed by atoms with Gasteiger partial charge in [-0.25, -0.2) is 0 Å². The number of hydrogen-bond donors (Lipinski definition) is 1. The lowest BCUT2D eigenvalue weighted by Crippen LogP contribution is -2.52. The van der Waals surface area contributed by atoms with E-state index in [1.54, 1.807) is 7.11 Å². The van der Waals surface area contributed by atoms with Crippen molar-refractivity contribution >= 4 is 5.91 Å². The van der Waals surface area contributed by atoms with E-state index in [-0.39, 0.29) is 6.10 Å². The molecule has 4 heteroatoms. The van der Waals surface area contributed by atoms with E-state index in [9.17, 15) is 4.79 Å². The molecule has 0 saturated carbocycles. The van der Waals surface area contributed by atoms with Gasteiger partial charge >= 0.3 is 0 Å². The quantitative estimate of drug-likeness (QED) is 0.845. The van der Waals surface area contributed by atoms with E-state index >= 15 is 0 Å². The van der Waals surface area contributed by atoms with Crippen molar-refractivity contribution in [2.75, 3.05) is 33.3 Å². The first-order valence-corrected chi connectivity index (χ1v) is 7.66. The number of nitrogens with one attached hydrogen (secondary N) is 1. The van der Waals surface area contributed by atoms with Crippen molar-refractivity contribution in [3.05, 3.63) is 0 Å². The minimum absolute atomic E-state index is 0.180. The summed E-state index contributed by atoms with van der Waals surface area (Å²) in [4.78, 5) is 14.4. The minimum atomic E-state index is 0.180. The van der Waals surface area contributed by atoms with Gasteiger partial charge in [0.2, 0.25) is 5.91 Å². The number of carbonyl (C=O) groups excluding carboxylic acids is 1. The van der Waals surface area contributed by atoms with Crippen LogP contribution < -0.4 is 5.32 Å². The lowest BCUT2D eigenvalue weighted by Gasteiger charge is -2.45. The predicted molar refractivity (Wildman–Crippen MR) is 76.1 cm³/mol. The van der Waals surface area contributed by atoms with Crippen molar-refractivity contribution < 1.29 is 9.53 Å².